The smallest absolute Gasteiger partial charge is 0.336 e. The summed E-state index contributed by atoms with van der Waals surface area (Å²) in [7, 11) is 0. The Morgan fingerprint density at radius 1 is 0.943 bits per heavy atom. The Kier molecular flexibility index (Phi) is 7.42. The van der Waals surface area contributed by atoms with E-state index in [4.69, 9.17) is 16.3 Å². The van der Waals surface area contributed by atoms with Crippen LogP contribution in [0.3, 0.4) is 0 Å². The van der Waals surface area contributed by atoms with Crippen LogP contribution < -0.4 is 15.0 Å². The largest absolute Gasteiger partial charge is 0.423 e. The van der Waals surface area contributed by atoms with Crippen LogP contribution in [0.25, 0.3) is 12.2 Å². The molecule has 0 radical (unpaired) electrons. The maximum atomic E-state index is 13.1. The van der Waals surface area contributed by atoms with Crippen molar-refractivity contribution in [2.75, 3.05) is 4.90 Å². The van der Waals surface area contributed by atoms with E-state index in [1.807, 2.05) is 0 Å². The van der Waals surface area contributed by atoms with Gasteiger partial charge in [-0.2, -0.15) is 0 Å². The van der Waals surface area contributed by atoms with Crippen LogP contribution in [0.15, 0.2) is 84.4 Å². The molecule has 0 bridgehead atoms. The van der Waals surface area contributed by atoms with Gasteiger partial charge in [0, 0.05) is 20.2 Å². The predicted octanol–water partition coefficient (Wildman–Crippen LogP) is 5.23. The fraction of sp³-hybridized carbons (Fsp3) is 0. The molecule has 0 saturated carbocycles. The molecule has 7 nitrogen and oxygen atoms in total. The number of hydrogen-bond donors (Lipinski definition) is 1. The number of ether oxygens (including phenoxy) is 1. The number of nitrogens with one attached hydrogen (secondary N) is 1. The van der Waals surface area contributed by atoms with Gasteiger partial charge >= 0.3 is 12.0 Å². The Labute approximate surface area is 219 Å². The molecule has 1 heterocycles. The molecule has 1 fully saturated rings. The molecule has 3 aromatic rings. The first kappa shape index (κ1) is 24.4. The summed E-state index contributed by atoms with van der Waals surface area (Å²) >= 11 is 7.96. The minimum absolute atomic E-state index is 0.143. The molecule has 1 saturated heterocycles. The number of nitrogens with zero attached hydrogens (tertiary/aromatic N) is 1. The van der Waals surface area contributed by atoms with Crippen molar-refractivity contribution < 1.29 is 23.9 Å². The summed E-state index contributed by atoms with van der Waals surface area (Å²) in [5.41, 5.74) is 1.12. The Bertz CT molecular complexity index is 1380. The molecular weight excluding hydrogens is 583 g/mol. The molecule has 35 heavy (non-hydrogen) atoms. The quantitative estimate of drug-likeness (QED) is 0.143. The lowest BCUT2D eigenvalue weighted by molar-refractivity contribution is -0.129. The second kappa shape index (κ2) is 10.7. The fourth-order valence-corrected chi connectivity index (χ4v) is 3.70. The minimum Gasteiger partial charge on any atom is -0.423 e. The summed E-state index contributed by atoms with van der Waals surface area (Å²) in [6, 6.07) is 19.2. The second-order valence-corrected chi connectivity index (χ2v) is 8.96. The van der Waals surface area contributed by atoms with E-state index in [1.54, 1.807) is 72.8 Å². The van der Waals surface area contributed by atoms with Gasteiger partial charge in [0.15, 0.2) is 0 Å². The summed E-state index contributed by atoms with van der Waals surface area (Å²) < 4.78 is 6.35. The van der Waals surface area contributed by atoms with Gasteiger partial charge in [0.2, 0.25) is 0 Å². The van der Waals surface area contributed by atoms with Gasteiger partial charge in [0.25, 0.3) is 11.8 Å². The van der Waals surface area contributed by atoms with E-state index >= 15 is 0 Å². The zero-order valence-corrected chi connectivity index (χ0v) is 20.8. The van der Waals surface area contributed by atoms with Gasteiger partial charge < -0.3 is 4.74 Å². The highest BCUT2D eigenvalue weighted by Gasteiger charge is 2.37. The molecule has 174 valence electrons. The van der Waals surface area contributed by atoms with Crippen LogP contribution >= 0.6 is 34.2 Å². The predicted molar refractivity (Wildman–Crippen MR) is 141 cm³/mol. The molecular formula is C26H16ClIN2O5. The first-order valence-electron chi connectivity index (χ1n) is 10.2. The number of imide groups is 2. The number of anilines is 1. The number of para-hydroxylation sites is 1. The number of carbonyl (C=O) groups excluding carboxylic acids is 4. The molecule has 0 atom stereocenters. The Morgan fingerprint density at radius 2 is 1.63 bits per heavy atom. The van der Waals surface area contributed by atoms with Gasteiger partial charge in [0.1, 0.15) is 11.3 Å². The maximum Gasteiger partial charge on any atom is 0.336 e. The maximum absolute atomic E-state index is 13.1. The van der Waals surface area contributed by atoms with Crippen LogP contribution in [0.4, 0.5) is 10.5 Å². The molecule has 1 aliphatic rings. The molecule has 3 aromatic carbocycles. The van der Waals surface area contributed by atoms with Crippen LogP contribution in [-0.2, 0) is 14.4 Å². The van der Waals surface area contributed by atoms with Crippen LogP contribution in [0, 0.1) is 3.57 Å². The SMILES string of the molecule is O=C(/C=C/c1ccc(Cl)cc1)Oc1ccccc1/C=C1/C(=O)NC(=O)N(c2ccc(I)cc2)C1=O. The molecule has 0 unspecified atom stereocenters. The number of esters is 1. The molecule has 4 rings (SSSR count). The number of barbiturate groups is 1. The Morgan fingerprint density at radius 3 is 2.34 bits per heavy atom. The van der Waals surface area contributed by atoms with Crippen molar-refractivity contribution in [2.24, 2.45) is 0 Å². The molecule has 1 aliphatic heterocycles. The van der Waals surface area contributed by atoms with Crippen molar-refractivity contribution in [3.05, 3.63) is 104 Å². The molecule has 0 aliphatic carbocycles. The normalized spacial score (nSPS) is 15.0. The van der Waals surface area contributed by atoms with E-state index < -0.39 is 23.8 Å². The molecule has 9 heteroatoms. The zero-order chi connectivity index (χ0) is 24.9. The third kappa shape index (κ3) is 5.84. The highest BCUT2D eigenvalue weighted by molar-refractivity contribution is 14.1. The van der Waals surface area contributed by atoms with E-state index in [9.17, 15) is 19.2 Å². The van der Waals surface area contributed by atoms with Crippen LogP contribution in [0.5, 0.6) is 5.75 Å². The van der Waals surface area contributed by atoms with Crippen molar-refractivity contribution in [3.8, 4) is 5.75 Å². The van der Waals surface area contributed by atoms with Crippen LogP contribution in [-0.4, -0.2) is 23.8 Å². The number of hydrogen-bond acceptors (Lipinski definition) is 5. The lowest BCUT2D eigenvalue weighted by Crippen LogP contribution is -2.54. The lowest BCUT2D eigenvalue weighted by Gasteiger charge is -2.26. The topological polar surface area (TPSA) is 92.8 Å². The number of halogens is 2. The van der Waals surface area contributed by atoms with Gasteiger partial charge in [-0.25, -0.2) is 14.5 Å². The summed E-state index contributed by atoms with van der Waals surface area (Å²) in [6.07, 6.45) is 4.11. The fourth-order valence-electron chi connectivity index (χ4n) is 3.21. The summed E-state index contributed by atoms with van der Waals surface area (Å²) in [4.78, 5) is 51.2. The third-order valence-electron chi connectivity index (χ3n) is 4.90. The highest BCUT2D eigenvalue weighted by Crippen LogP contribution is 2.26. The first-order chi connectivity index (χ1) is 16.8. The highest BCUT2D eigenvalue weighted by atomic mass is 127. The van der Waals surface area contributed by atoms with Crippen molar-refractivity contribution in [1.82, 2.24) is 5.32 Å². The van der Waals surface area contributed by atoms with Gasteiger partial charge in [-0.1, -0.05) is 41.9 Å². The minimum atomic E-state index is -0.842. The van der Waals surface area contributed by atoms with E-state index in [2.05, 4.69) is 27.9 Å². The molecule has 0 spiro atoms. The number of benzene rings is 3. The average molecular weight is 599 g/mol. The lowest BCUT2D eigenvalue weighted by atomic mass is 10.1. The van der Waals surface area contributed by atoms with E-state index in [-0.39, 0.29) is 11.3 Å². The van der Waals surface area contributed by atoms with Crippen LogP contribution in [0.2, 0.25) is 5.02 Å². The third-order valence-corrected chi connectivity index (χ3v) is 5.87. The average Bonchev–Trinajstić information content (AvgIpc) is 2.83. The van der Waals surface area contributed by atoms with Crippen molar-refractivity contribution in [2.45, 2.75) is 0 Å². The number of urea groups is 1. The second-order valence-electron chi connectivity index (χ2n) is 7.28. The molecule has 4 amide bonds. The van der Waals surface area contributed by atoms with Gasteiger partial charge in [0.05, 0.1) is 5.69 Å². The van der Waals surface area contributed by atoms with Crippen molar-refractivity contribution in [1.29, 1.82) is 0 Å². The number of amides is 4. The van der Waals surface area contributed by atoms with Crippen molar-refractivity contribution >= 4 is 75.8 Å². The van der Waals surface area contributed by atoms with E-state index in [0.717, 1.165) is 14.0 Å². The van der Waals surface area contributed by atoms with E-state index in [1.165, 1.54) is 18.2 Å². The molecule has 1 N–H and O–H groups in total. The number of rotatable bonds is 5. The Balaban J connectivity index is 1.59. The monoisotopic (exact) mass is 598 g/mol. The zero-order valence-electron chi connectivity index (χ0n) is 17.9. The van der Waals surface area contributed by atoms with E-state index in [0.29, 0.717) is 16.3 Å². The summed E-state index contributed by atoms with van der Waals surface area (Å²) in [5, 5.41) is 2.75. The van der Waals surface area contributed by atoms with Gasteiger partial charge in [-0.3, -0.25) is 14.9 Å². The van der Waals surface area contributed by atoms with Crippen molar-refractivity contribution in [3.63, 3.8) is 0 Å². The molecule has 0 aromatic heterocycles. The standard InChI is InChI=1S/C26H16ClIN2O5/c27-18-8-5-16(6-9-18)7-14-23(31)35-22-4-2-1-3-17(22)15-21-24(32)29-26(34)30(25(21)33)20-12-10-19(28)11-13-20/h1-15H,(H,29,32,34)/b14-7+,21-15-. The van der Waals surface area contributed by atoms with Crippen LogP contribution in [0.1, 0.15) is 11.1 Å². The van der Waals surface area contributed by atoms with Gasteiger partial charge in [-0.05, 0) is 82.8 Å². The van der Waals surface area contributed by atoms with Gasteiger partial charge in [-0.15, -0.1) is 0 Å². The summed E-state index contributed by atoms with van der Waals surface area (Å²) in [5.74, 6) is -2.14. The number of carbonyl (C=O) groups is 4. The first-order valence-corrected chi connectivity index (χ1v) is 11.7. The summed E-state index contributed by atoms with van der Waals surface area (Å²) in [6.45, 7) is 0. The Hall–Kier alpha value is -3.76.